The summed E-state index contributed by atoms with van der Waals surface area (Å²) in [5, 5.41) is 2.95. The first-order chi connectivity index (χ1) is 11.7. The lowest BCUT2D eigenvalue weighted by Crippen LogP contribution is -2.26. The molecule has 1 amide bonds. The van der Waals surface area contributed by atoms with Crippen molar-refractivity contribution >= 4 is 17.4 Å². The summed E-state index contributed by atoms with van der Waals surface area (Å²) in [6.07, 6.45) is 4.82. The smallest absolute Gasteiger partial charge is 0.255 e. The van der Waals surface area contributed by atoms with E-state index in [0.717, 1.165) is 43.9 Å². The van der Waals surface area contributed by atoms with Crippen molar-refractivity contribution in [2.45, 2.75) is 40.0 Å². The molecule has 0 saturated carbocycles. The number of benzene rings is 1. The lowest BCUT2D eigenvalue weighted by atomic mass is 10.1. The Morgan fingerprint density at radius 3 is 2.29 bits per heavy atom. The molecule has 24 heavy (non-hydrogen) atoms. The molecule has 1 heterocycles. The highest BCUT2D eigenvalue weighted by Gasteiger charge is 2.11. The van der Waals surface area contributed by atoms with Crippen LogP contribution in [0.3, 0.4) is 0 Å². The van der Waals surface area contributed by atoms with Gasteiger partial charge in [0.15, 0.2) is 0 Å². The topological polar surface area (TPSA) is 45.2 Å². The molecule has 0 atom stereocenters. The Balaban J connectivity index is 2.12. The van der Waals surface area contributed by atoms with Gasteiger partial charge in [-0.1, -0.05) is 32.9 Å². The largest absolute Gasteiger partial charge is 0.357 e. The van der Waals surface area contributed by atoms with Crippen LogP contribution in [0.25, 0.3) is 0 Å². The number of rotatable bonds is 8. The number of pyridine rings is 1. The zero-order valence-electron chi connectivity index (χ0n) is 14.9. The number of carbonyl (C=O) groups excluding carboxylic acids is 1. The van der Waals surface area contributed by atoms with Gasteiger partial charge in [0.1, 0.15) is 5.82 Å². The first kappa shape index (κ1) is 18.0. The van der Waals surface area contributed by atoms with E-state index in [0.29, 0.717) is 5.56 Å². The number of aromatic nitrogens is 1. The number of hydrogen-bond donors (Lipinski definition) is 1. The Kier molecular flexibility index (Phi) is 6.79. The highest BCUT2D eigenvalue weighted by atomic mass is 16.1. The SMILES string of the molecule is CCCN(CCC)c1cc(C(=O)Nc2ccc(CC)cc2)ccn1. The fraction of sp³-hybridized carbons (Fsp3) is 0.400. The van der Waals surface area contributed by atoms with Crippen molar-refractivity contribution in [3.8, 4) is 0 Å². The molecular formula is C20H27N3O. The van der Waals surface area contributed by atoms with E-state index in [9.17, 15) is 4.79 Å². The van der Waals surface area contributed by atoms with Crippen LogP contribution in [-0.2, 0) is 6.42 Å². The van der Waals surface area contributed by atoms with Crippen molar-refractivity contribution in [2.75, 3.05) is 23.3 Å². The lowest BCUT2D eigenvalue weighted by Gasteiger charge is -2.22. The van der Waals surface area contributed by atoms with E-state index in [4.69, 9.17) is 0 Å². The maximum absolute atomic E-state index is 12.5. The quantitative estimate of drug-likeness (QED) is 0.776. The van der Waals surface area contributed by atoms with Gasteiger partial charge in [0.05, 0.1) is 0 Å². The molecule has 2 aromatic rings. The van der Waals surface area contributed by atoms with Crippen molar-refractivity contribution < 1.29 is 4.79 Å². The van der Waals surface area contributed by atoms with Gasteiger partial charge in [0.25, 0.3) is 5.91 Å². The van der Waals surface area contributed by atoms with Crippen LogP contribution in [0.2, 0.25) is 0 Å². The van der Waals surface area contributed by atoms with Gasteiger partial charge in [-0.05, 0) is 49.1 Å². The third kappa shape index (κ3) is 4.82. The Morgan fingerprint density at radius 1 is 1.04 bits per heavy atom. The second kappa shape index (κ2) is 9.06. The Bertz CT molecular complexity index is 646. The highest BCUT2D eigenvalue weighted by Crippen LogP contribution is 2.16. The van der Waals surface area contributed by atoms with Crippen LogP contribution in [-0.4, -0.2) is 24.0 Å². The van der Waals surface area contributed by atoms with Crippen LogP contribution in [0.5, 0.6) is 0 Å². The zero-order chi connectivity index (χ0) is 17.4. The first-order valence-corrected chi connectivity index (χ1v) is 8.79. The number of hydrogen-bond acceptors (Lipinski definition) is 3. The van der Waals surface area contributed by atoms with Crippen LogP contribution >= 0.6 is 0 Å². The van der Waals surface area contributed by atoms with Gasteiger partial charge in [-0.2, -0.15) is 0 Å². The van der Waals surface area contributed by atoms with E-state index >= 15 is 0 Å². The second-order valence-electron chi connectivity index (χ2n) is 5.89. The lowest BCUT2D eigenvalue weighted by molar-refractivity contribution is 0.102. The predicted octanol–water partition coefficient (Wildman–Crippen LogP) is 4.52. The number of carbonyl (C=O) groups is 1. The minimum Gasteiger partial charge on any atom is -0.357 e. The first-order valence-electron chi connectivity index (χ1n) is 8.79. The monoisotopic (exact) mass is 325 g/mol. The molecule has 0 aliphatic heterocycles. The van der Waals surface area contributed by atoms with E-state index in [1.54, 1.807) is 12.3 Å². The summed E-state index contributed by atoms with van der Waals surface area (Å²) in [5.74, 6) is 0.767. The van der Waals surface area contributed by atoms with Gasteiger partial charge in [0, 0.05) is 30.5 Å². The second-order valence-corrected chi connectivity index (χ2v) is 5.89. The van der Waals surface area contributed by atoms with Crippen LogP contribution in [0.15, 0.2) is 42.6 Å². The standard InChI is InChI=1S/C20H27N3O/c1-4-13-23(14-5-2)19-15-17(11-12-21-19)20(24)22-18-9-7-16(6-3)8-10-18/h7-12,15H,4-6,13-14H2,1-3H3,(H,22,24). The summed E-state index contributed by atoms with van der Waals surface area (Å²) in [6.45, 7) is 8.32. The van der Waals surface area contributed by atoms with Gasteiger partial charge < -0.3 is 10.2 Å². The van der Waals surface area contributed by atoms with Crippen molar-refractivity contribution in [3.63, 3.8) is 0 Å². The fourth-order valence-corrected chi connectivity index (χ4v) is 2.64. The number of anilines is 2. The molecule has 0 fully saturated rings. The molecule has 1 aromatic heterocycles. The Morgan fingerprint density at radius 2 is 1.71 bits per heavy atom. The molecule has 0 bridgehead atoms. The van der Waals surface area contributed by atoms with E-state index in [2.05, 4.69) is 36.0 Å². The molecule has 0 aliphatic rings. The number of nitrogens with zero attached hydrogens (tertiary/aromatic N) is 2. The summed E-state index contributed by atoms with van der Waals surface area (Å²) in [7, 11) is 0. The van der Waals surface area contributed by atoms with Crippen LogP contribution in [0.1, 0.15) is 49.5 Å². The molecule has 0 radical (unpaired) electrons. The third-order valence-electron chi connectivity index (χ3n) is 3.94. The molecule has 2 rings (SSSR count). The van der Waals surface area contributed by atoms with E-state index in [1.807, 2.05) is 30.3 Å². The average molecular weight is 325 g/mol. The maximum Gasteiger partial charge on any atom is 0.255 e. The molecule has 0 saturated heterocycles. The van der Waals surface area contributed by atoms with Gasteiger partial charge in [0.2, 0.25) is 0 Å². The number of aryl methyl sites for hydroxylation is 1. The van der Waals surface area contributed by atoms with Crippen LogP contribution in [0.4, 0.5) is 11.5 Å². The summed E-state index contributed by atoms with van der Waals surface area (Å²) in [6, 6.07) is 11.6. The minimum absolute atomic E-state index is 0.101. The van der Waals surface area contributed by atoms with E-state index in [1.165, 1.54) is 5.56 Å². The van der Waals surface area contributed by atoms with Gasteiger partial charge in [-0.25, -0.2) is 4.98 Å². The average Bonchev–Trinajstić information content (AvgIpc) is 2.62. The van der Waals surface area contributed by atoms with Crippen molar-refractivity contribution in [2.24, 2.45) is 0 Å². The molecule has 1 aromatic carbocycles. The number of nitrogens with one attached hydrogen (secondary N) is 1. The van der Waals surface area contributed by atoms with Gasteiger partial charge in [-0.15, -0.1) is 0 Å². The molecular weight excluding hydrogens is 298 g/mol. The number of amides is 1. The maximum atomic E-state index is 12.5. The highest BCUT2D eigenvalue weighted by molar-refractivity contribution is 6.04. The molecule has 0 unspecified atom stereocenters. The summed E-state index contributed by atoms with van der Waals surface area (Å²) in [5.41, 5.74) is 2.71. The van der Waals surface area contributed by atoms with E-state index < -0.39 is 0 Å². The minimum atomic E-state index is -0.101. The Labute approximate surface area is 144 Å². The molecule has 4 heteroatoms. The fourth-order valence-electron chi connectivity index (χ4n) is 2.64. The molecule has 128 valence electrons. The normalized spacial score (nSPS) is 10.5. The molecule has 0 spiro atoms. The molecule has 4 nitrogen and oxygen atoms in total. The molecule has 1 N–H and O–H groups in total. The van der Waals surface area contributed by atoms with Gasteiger partial charge >= 0.3 is 0 Å². The van der Waals surface area contributed by atoms with Crippen molar-refractivity contribution in [1.82, 2.24) is 4.98 Å². The van der Waals surface area contributed by atoms with Crippen molar-refractivity contribution in [3.05, 3.63) is 53.7 Å². The summed E-state index contributed by atoms with van der Waals surface area (Å²) in [4.78, 5) is 19.2. The van der Waals surface area contributed by atoms with E-state index in [-0.39, 0.29) is 5.91 Å². The third-order valence-corrected chi connectivity index (χ3v) is 3.94. The summed E-state index contributed by atoms with van der Waals surface area (Å²) >= 11 is 0. The zero-order valence-corrected chi connectivity index (χ0v) is 14.9. The van der Waals surface area contributed by atoms with Crippen LogP contribution in [0, 0.1) is 0 Å². The van der Waals surface area contributed by atoms with Gasteiger partial charge in [-0.3, -0.25) is 4.79 Å². The molecule has 0 aliphatic carbocycles. The van der Waals surface area contributed by atoms with Crippen molar-refractivity contribution in [1.29, 1.82) is 0 Å². The predicted molar refractivity (Wildman–Crippen MR) is 101 cm³/mol. The Hall–Kier alpha value is -2.36. The van der Waals surface area contributed by atoms with Crippen LogP contribution < -0.4 is 10.2 Å². The summed E-state index contributed by atoms with van der Waals surface area (Å²) < 4.78 is 0.